The Labute approximate surface area is 216 Å². The van der Waals surface area contributed by atoms with E-state index in [2.05, 4.69) is 5.32 Å². The molecule has 0 unspecified atom stereocenters. The largest absolute Gasteiger partial charge is 0.444 e. The van der Waals surface area contributed by atoms with Gasteiger partial charge in [0.1, 0.15) is 12.1 Å². The molecular weight excluding hydrogens is 508 g/mol. The minimum absolute atomic E-state index is 0.0426. The predicted molar refractivity (Wildman–Crippen MR) is 133 cm³/mol. The highest BCUT2D eigenvalue weighted by molar-refractivity contribution is 7.18. The van der Waals surface area contributed by atoms with Crippen LogP contribution in [0.4, 0.5) is 10.5 Å². The van der Waals surface area contributed by atoms with Crippen molar-refractivity contribution in [3.8, 4) is 0 Å². The highest BCUT2D eigenvalue weighted by Gasteiger charge is 2.40. The fraction of sp³-hybridized carbons (Fsp3) is 0.375. The third kappa shape index (κ3) is 5.36. The van der Waals surface area contributed by atoms with E-state index in [1.54, 1.807) is 39.0 Å². The minimum Gasteiger partial charge on any atom is -0.444 e. The Hall–Kier alpha value is -3.44. The first kappa shape index (κ1) is 25.6. The Morgan fingerprint density at radius 1 is 1.00 bits per heavy atom. The van der Waals surface area contributed by atoms with Crippen LogP contribution in [0.3, 0.4) is 0 Å². The molecule has 5 amide bonds. The number of ether oxygens (including phenoxy) is 1. The van der Waals surface area contributed by atoms with Gasteiger partial charge in [-0.2, -0.15) is 0 Å². The number of hydrogen-bond donors (Lipinski definition) is 1. The average molecular weight is 533 g/mol. The summed E-state index contributed by atoms with van der Waals surface area (Å²) in [5.74, 6) is -2.13. The van der Waals surface area contributed by atoms with Crippen LogP contribution >= 0.6 is 22.9 Å². The second kappa shape index (κ2) is 9.90. The topological polar surface area (TPSA) is 116 Å². The Bertz CT molecular complexity index is 1250. The van der Waals surface area contributed by atoms with E-state index in [0.717, 1.165) is 16.2 Å². The van der Waals surface area contributed by atoms with E-state index in [1.807, 2.05) is 0 Å². The van der Waals surface area contributed by atoms with Gasteiger partial charge >= 0.3 is 6.09 Å². The number of anilines is 1. The maximum atomic E-state index is 13.1. The molecule has 0 spiro atoms. The maximum absolute atomic E-state index is 13.1. The summed E-state index contributed by atoms with van der Waals surface area (Å²) in [5.41, 5.74) is -0.281. The van der Waals surface area contributed by atoms with Crippen LogP contribution in [-0.4, -0.2) is 82.7 Å². The third-order valence-corrected chi connectivity index (χ3v) is 6.85. The molecule has 36 heavy (non-hydrogen) atoms. The van der Waals surface area contributed by atoms with Crippen LogP contribution in [0.25, 0.3) is 0 Å². The quantitative estimate of drug-likeness (QED) is 0.604. The van der Waals surface area contributed by atoms with Crippen LogP contribution in [-0.2, 0) is 9.53 Å². The Kier molecular flexibility index (Phi) is 7.05. The van der Waals surface area contributed by atoms with Gasteiger partial charge in [0.15, 0.2) is 0 Å². The van der Waals surface area contributed by atoms with Crippen molar-refractivity contribution in [2.75, 3.05) is 38.0 Å². The van der Waals surface area contributed by atoms with E-state index in [1.165, 1.54) is 21.9 Å². The molecule has 1 N–H and O–H groups in total. The lowest BCUT2D eigenvalue weighted by Gasteiger charge is -2.36. The number of nitrogens with zero attached hydrogens (tertiary/aromatic N) is 3. The zero-order valence-electron chi connectivity index (χ0n) is 20.0. The number of hydrogen-bond acceptors (Lipinski definition) is 7. The maximum Gasteiger partial charge on any atom is 0.410 e. The number of benzene rings is 1. The number of nitrogens with one attached hydrogen (secondary N) is 1. The zero-order chi connectivity index (χ0) is 26.2. The van der Waals surface area contributed by atoms with E-state index >= 15 is 0 Å². The van der Waals surface area contributed by atoms with Gasteiger partial charge in [-0.1, -0.05) is 17.7 Å². The van der Waals surface area contributed by atoms with E-state index < -0.39 is 41.9 Å². The number of carbonyl (C=O) groups excluding carboxylic acids is 5. The standard InChI is InChI=1S/C24H25ClN4O6S/c1-24(2,3)35-23(34)28-11-9-27(10-12-28)18(30)13-29-21(32)14-5-4-6-15(19(14)22(29)33)26-20(31)16-7-8-17(25)36-16/h4-8H,9-13H2,1-3H3,(H,26,31). The lowest BCUT2D eigenvalue weighted by Crippen LogP contribution is -2.53. The van der Waals surface area contributed by atoms with Gasteiger partial charge in [-0.05, 0) is 45.0 Å². The van der Waals surface area contributed by atoms with Crippen molar-refractivity contribution in [3.63, 3.8) is 0 Å². The van der Waals surface area contributed by atoms with E-state index in [4.69, 9.17) is 16.3 Å². The number of amides is 5. The number of carbonyl (C=O) groups is 5. The summed E-state index contributed by atoms with van der Waals surface area (Å²) in [7, 11) is 0. The van der Waals surface area contributed by atoms with Gasteiger partial charge in [0, 0.05) is 26.2 Å². The van der Waals surface area contributed by atoms with E-state index in [0.29, 0.717) is 9.21 Å². The van der Waals surface area contributed by atoms with Gasteiger partial charge < -0.3 is 19.9 Å². The fourth-order valence-electron chi connectivity index (χ4n) is 3.90. The molecule has 3 heterocycles. The van der Waals surface area contributed by atoms with Crippen LogP contribution in [0.2, 0.25) is 4.34 Å². The van der Waals surface area contributed by atoms with Crippen LogP contribution < -0.4 is 5.32 Å². The van der Waals surface area contributed by atoms with Gasteiger partial charge in [0.05, 0.1) is 26.0 Å². The van der Waals surface area contributed by atoms with Crippen molar-refractivity contribution in [2.24, 2.45) is 0 Å². The molecule has 1 aromatic carbocycles. The van der Waals surface area contributed by atoms with Gasteiger partial charge in [0.2, 0.25) is 5.91 Å². The summed E-state index contributed by atoms with van der Waals surface area (Å²) >= 11 is 6.98. The fourth-order valence-corrected chi connectivity index (χ4v) is 4.84. The van der Waals surface area contributed by atoms with Crippen molar-refractivity contribution in [1.29, 1.82) is 0 Å². The van der Waals surface area contributed by atoms with Gasteiger partial charge in [0.25, 0.3) is 17.7 Å². The lowest BCUT2D eigenvalue weighted by molar-refractivity contribution is -0.133. The SMILES string of the molecule is CC(C)(C)OC(=O)N1CCN(C(=O)CN2C(=O)c3cccc(NC(=O)c4ccc(Cl)s4)c3C2=O)CC1. The predicted octanol–water partition coefficient (Wildman–Crippen LogP) is 3.33. The second-order valence-electron chi connectivity index (χ2n) is 9.33. The molecule has 0 aliphatic carbocycles. The molecule has 2 aromatic rings. The molecule has 12 heteroatoms. The van der Waals surface area contributed by atoms with Crippen LogP contribution in [0.15, 0.2) is 30.3 Å². The average Bonchev–Trinajstić information content (AvgIpc) is 3.36. The summed E-state index contributed by atoms with van der Waals surface area (Å²) < 4.78 is 5.81. The molecular formula is C24H25ClN4O6S. The monoisotopic (exact) mass is 532 g/mol. The van der Waals surface area contributed by atoms with E-state index in [9.17, 15) is 24.0 Å². The molecule has 4 rings (SSSR count). The molecule has 1 fully saturated rings. The molecule has 0 bridgehead atoms. The molecule has 0 radical (unpaired) electrons. The lowest BCUT2D eigenvalue weighted by atomic mass is 10.1. The molecule has 2 aliphatic heterocycles. The van der Waals surface area contributed by atoms with Crippen molar-refractivity contribution >= 4 is 58.3 Å². The highest BCUT2D eigenvalue weighted by Crippen LogP contribution is 2.31. The first-order valence-corrected chi connectivity index (χ1v) is 12.5. The normalized spacial score (nSPS) is 15.7. The molecule has 0 saturated carbocycles. The van der Waals surface area contributed by atoms with Crippen molar-refractivity contribution in [2.45, 2.75) is 26.4 Å². The van der Waals surface area contributed by atoms with Gasteiger partial charge in [-0.15, -0.1) is 11.3 Å². The highest BCUT2D eigenvalue weighted by atomic mass is 35.5. The first-order valence-electron chi connectivity index (χ1n) is 11.3. The zero-order valence-corrected chi connectivity index (χ0v) is 21.6. The Balaban J connectivity index is 1.40. The summed E-state index contributed by atoms with van der Waals surface area (Å²) in [5, 5.41) is 2.66. The molecule has 190 valence electrons. The second-order valence-corrected chi connectivity index (χ2v) is 11.0. The van der Waals surface area contributed by atoms with Crippen LogP contribution in [0.1, 0.15) is 51.2 Å². The summed E-state index contributed by atoms with van der Waals surface area (Å²) in [6.07, 6.45) is -0.450. The molecule has 1 saturated heterocycles. The smallest absolute Gasteiger partial charge is 0.410 e. The number of fused-ring (bicyclic) bond motifs is 1. The summed E-state index contributed by atoms with van der Waals surface area (Å²) in [6, 6.07) is 7.72. The molecule has 10 nitrogen and oxygen atoms in total. The van der Waals surface area contributed by atoms with E-state index in [-0.39, 0.29) is 43.0 Å². The van der Waals surface area contributed by atoms with Crippen LogP contribution in [0, 0.1) is 0 Å². The number of thiophene rings is 1. The number of rotatable bonds is 4. The number of halogens is 1. The summed E-state index contributed by atoms with van der Waals surface area (Å²) in [6.45, 7) is 5.98. The first-order chi connectivity index (χ1) is 16.9. The van der Waals surface area contributed by atoms with Gasteiger partial charge in [-0.3, -0.25) is 24.1 Å². The molecule has 0 atom stereocenters. The van der Waals surface area contributed by atoms with Crippen molar-refractivity contribution in [3.05, 3.63) is 50.7 Å². The number of imide groups is 1. The van der Waals surface area contributed by atoms with Gasteiger partial charge in [-0.25, -0.2) is 4.79 Å². The Morgan fingerprint density at radius 2 is 1.67 bits per heavy atom. The van der Waals surface area contributed by atoms with Crippen molar-refractivity contribution < 1.29 is 28.7 Å². The molecule has 2 aliphatic rings. The summed E-state index contributed by atoms with van der Waals surface area (Å²) in [4.78, 5) is 68.1. The number of piperazine rings is 1. The third-order valence-electron chi connectivity index (χ3n) is 5.62. The van der Waals surface area contributed by atoms with Crippen molar-refractivity contribution in [1.82, 2.24) is 14.7 Å². The Morgan fingerprint density at radius 3 is 2.28 bits per heavy atom. The minimum atomic E-state index is -0.657. The van der Waals surface area contributed by atoms with Crippen LogP contribution in [0.5, 0.6) is 0 Å². The molecule has 1 aromatic heterocycles.